The number of para-hydroxylation sites is 2. The van der Waals surface area contributed by atoms with Gasteiger partial charge in [-0.25, -0.2) is 0 Å². The Kier molecular flexibility index (Phi) is 7.20. The van der Waals surface area contributed by atoms with Crippen LogP contribution in [0, 0.1) is 13.8 Å². The van der Waals surface area contributed by atoms with Crippen molar-refractivity contribution in [2.75, 3.05) is 21.3 Å². The van der Waals surface area contributed by atoms with Crippen molar-refractivity contribution < 1.29 is 32.6 Å². The van der Waals surface area contributed by atoms with Gasteiger partial charge in [0.2, 0.25) is 0 Å². The number of furan rings is 2. The molecule has 0 amide bonds. The molecule has 32 heavy (non-hydrogen) atoms. The molecule has 2 heterocycles. The van der Waals surface area contributed by atoms with Gasteiger partial charge in [-0.1, -0.05) is 24.3 Å². The molecule has 2 aromatic carbocycles. The lowest BCUT2D eigenvalue weighted by atomic mass is 10.1. The minimum atomic E-state index is -0.279. The first-order valence-electron chi connectivity index (χ1n) is 10.1. The van der Waals surface area contributed by atoms with Crippen LogP contribution in [0.15, 0.2) is 45.2 Å². The second kappa shape index (κ2) is 10.0. The summed E-state index contributed by atoms with van der Waals surface area (Å²) in [6.45, 7) is 3.69. The van der Waals surface area contributed by atoms with Crippen molar-refractivity contribution in [2.45, 2.75) is 26.7 Å². The zero-order chi connectivity index (χ0) is 23.3. The third-order valence-electron chi connectivity index (χ3n) is 5.24. The van der Waals surface area contributed by atoms with Crippen LogP contribution in [0.25, 0.3) is 21.9 Å². The topological polar surface area (TPSA) is 88.1 Å². The zero-order valence-electron chi connectivity index (χ0n) is 18.8. The van der Waals surface area contributed by atoms with Crippen molar-refractivity contribution >= 4 is 34.2 Å². The largest absolute Gasteiger partial charge is 0.493 e. The Morgan fingerprint density at radius 1 is 0.844 bits per heavy atom. The van der Waals surface area contributed by atoms with Crippen LogP contribution in [0.2, 0.25) is 0 Å². The average molecular weight is 438 g/mol. The number of carbonyl (C=O) groups is 2. The van der Waals surface area contributed by atoms with Crippen LogP contribution >= 0.6 is 0 Å². The number of ether oxygens (including phenoxy) is 3. The summed E-state index contributed by atoms with van der Waals surface area (Å²) < 4.78 is 26.3. The van der Waals surface area contributed by atoms with Gasteiger partial charge < -0.3 is 27.8 Å². The van der Waals surface area contributed by atoms with Crippen molar-refractivity contribution in [3.05, 3.63) is 59.0 Å². The first-order chi connectivity index (χ1) is 15.4. The molecule has 0 fully saturated rings. The van der Waals surface area contributed by atoms with E-state index in [9.17, 15) is 9.59 Å². The van der Waals surface area contributed by atoms with E-state index in [2.05, 4.69) is 4.74 Å². The second-order valence-electron chi connectivity index (χ2n) is 7.07. The summed E-state index contributed by atoms with van der Waals surface area (Å²) in [5.74, 6) is 2.59. The van der Waals surface area contributed by atoms with Gasteiger partial charge in [-0.2, -0.15) is 0 Å². The van der Waals surface area contributed by atoms with Gasteiger partial charge in [0.1, 0.15) is 17.8 Å². The standard InChI is InChI=1S/C13H14O4.C12H12O3/c1-8-10(7-12(14)16-3)9-5-4-6-11(15-2)13(9)17-8;1-8-9(6-7-13)10-4-3-5-11(14-2)12(10)15-8/h4-6H,7H2,1-3H3;3-5,7H,6H2,1-2H3. The number of carbonyl (C=O) groups excluding carboxylic acids is 2. The molecule has 7 heteroatoms. The maximum atomic E-state index is 11.3. The smallest absolute Gasteiger partial charge is 0.310 e. The second-order valence-corrected chi connectivity index (χ2v) is 7.07. The highest BCUT2D eigenvalue weighted by Gasteiger charge is 2.17. The van der Waals surface area contributed by atoms with Crippen LogP contribution in [0.4, 0.5) is 0 Å². The number of hydrogen-bond acceptors (Lipinski definition) is 7. The third-order valence-corrected chi connectivity index (χ3v) is 5.24. The lowest BCUT2D eigenvalue weighted by Crippen LogP contribution is -2.04. The molecule has 168 valence electrons. The van der Waals surface area contributed by atoms with E-state index in [4.69, 9.17) is 18.3 Å². The van der Waals surface area contributed by atoms with Crippen molar-refractivity contribution in [3.63, 3.8) is 0 Å². The average Bonchev–Trinajstić information content (AvgIpc) is 3.30. The maximum absolute atomic E-state index is 11.3. The van der Waals surface area contributed by atoms with Gasteiger partial charge in [-0.3, -0.25) is 4.79 Å². The normalized spacial score (nSPS) is 10.5. The Labute approximate surface area is 185 Å². The molecule has 2 aromatic heterocycles. The van der Waals surface area contributed by atoms with Crippen LogP contribution in [0.3, 0.4) is 0 Å². The number of hydrogen-bond donors (Lipinski definition) is 0. The van der Waals surface area contributed by atoms with Gasteiger partial charge in [0.25, 0.3) is 0 Å². The molecular formula is C25H26O7. The molecule has 7 nitrogen and oxygen atoms in total. The number of benzene rings is 2. The number of aldehydes is 1. The van der Waals surface area contributed by atoms with Crippen molar-refractivity contribution in [3.8, 4) is 11.5 Å². The molecule has 4 aromatic rings. The summed E-state index contributed by atoms with van der Waals surface area (Å²) in [7, 11) is 4.57. The summed E-state index contributed by atoms with van der Waals surface area (Å²) in [4.78, 5) is 21.9. The van der Waals surface area contributed by atoms with Crippen LogP contribution in [0.5, 0.6) is 11.5 Å². The number of fused-ring (bicyclic) bond motifs is 2. The van der Waals surface area contributed by atoms with Gasteiger partial charge in [0.05, 0.1) is 27.8 Å². The van der Waals surface area contributed by atoms with E-state index in [0.29, 0.717) is 29.1 Å². The molecule has 0 aliphatic rings. The molecule has 0 radical (unpaired) electrons. The summed E-state index contributed by atoms with van der Waals surface area (Å²) in [6, 6.07) is 11.3. The fraction of sp³-hybridized carbons (Fsp3) is 0.280. The van der Waals surface area contributed by atoms with Gasteiger partial charge in [0, 0.05) is 28.3 Å². The summed E-state index contributed by atoms with van der Waals surface area (Å²) >= 11 is 0. The zero-order valence-corrected chi connectivity index (χ0v) is 18.8. The Hall–Kier alpha value is -3.74. The Bertz CT molecular complexity index is 1250. The van der Waals surface area contributed by atoms with E-state index in [1.807, 2.05) is 50.2 Å². The molecular weight excluding hydrogens is 412 g/mol. The molecule has 0 aliphatic heterocycles. The van der Waals surface area contributed by atoms with Crippen LogP contribution in [-0.2, 0) is 27.2 Å². The van der Waals surface area contributed by atoms with Crippen molar-refractivity contribution in [1.29, 1.82) is 0 Å². The van der Waals surface area contributed by atoms with E-state index >= 15 is 0 Å². The van der Waals surface area contributed by atoms with Crippen molar-refractivity contribution in [1.82, 2.24) is 0 Å². The lowest BCUT2D eigenvalue weighted by molar-refractivity contribution is -0.139. The Balaban J connectivity index is 0.000000182. The van der Waals surface area contributed by atoms with E-state index in [0.717, 1.165) is 39.7 Å². The van der Waals surface area contributed by atoms with Gasteiger partial charge in [0.15, 0.2) is 22.7 Å². The van der Waals surface area contributed by atoms with Crippen LogP contribution in [-0.4, -0.2) is 33.6 Å². The number of aryl methyl sites for hydroxylation is 2. The van der Waals surface area contributed by atoms with Crippen LogP contribution in [0.1, 0.15) is 22.6 Å². The number of methoxy groups -OCH3 is 3. The van der Waals surface area contributed by atoms with Gasteiger partial charge >= 0.3 is 5.97 Å². The molecule has 0 unspecified atom stereocenters. The highest BCUT2D eigenvalue weighted by Crippen LogP contribution is 2.33. The fourth-order valence-electron chi connectivity index (χ4n) is 3.62. The summed E-state index contributed by atoms with van der Waals surface area (Å²) in [5, 5.41) is 1.85. The predicted molar refractivity (Wildman–Crippen MR) is 120 cm³/mol. The molecule has 0 N–H and O–H groups in total. The Morgan fingerprint density at radius 2 is 1.34 bits per heavy atom. The maximum Gasteiger partial charge on any atom is 0.310 e. The predicted octanol–water partition coefficient (Wildman–Crippen LogP) is 4.96. The Morgan fingerprint density at radius 3 is 1.81 bits per heavy atom. The molecule has 0 atom stereocenters. The van der Waals surface area contributed by atoms with Crippen LogP contribution < -0.4 is 9.47 Å². The fourth-order valence-corrected chi connectivity index (χ4v) is 3.62. The quantitative estimate of drug-likeness (QED) is 0.311. The molecule has 0 spiro atoms. The molecule has 0 aliphatic carbocycles. The summed E-state index contributed by atoms with van der Waals surface area (Å²) in [6.07, 6.45) is 1.48. The SMILES string of the molecule is COC(=O)Cc1c(C)oc2c(OC)cccc12.COc1cccc2c(CC=O)c(C)oc12. The lowest BCUT2D eigenvalue weighted by Gasteiger charge is -2.00. The van der Waals surface area contributed by atoms with E-state index in [1.165, 1.54) is 7.11 Å². The molecule has 0 bridgehead atoms. The highest BCUT2D eigenvalue weighted by atomic mass is 16.5. The monoisotopic (exact) mass is 438 g/mol. The molecule has 0 saturated heterocycles. The van der Waals surface area contributed by atoms with E-state index in [-0.39, 0.29) is 12.4 Å². The number of esters is 1. The van der Waals surface area contributed by atoms with Gasteiger partial charge in [-0.05, 0) is 26.0 Å². The molecule has 0 saturated carbocycles. The highest BCUT2D eigenvalue weighted by molar-refractivity contribution is 5.90. The molecule has 4 rings (SSSR count). The number of rotatable bonds is 6. The van der Waals surface area contributed by atoms with Crippen molar-refractivity contribution in [2.24, 2.45) is 0 Å². The first-order valence-corrected chi connectivity index (χ1v) is 10.1. The van der Waals surface area contributed by atoms with Gasteiger partial charge in [-0.15, -0.1) is 0 Å². The van der Waals surface area contributed by atoms with E-state index in [1.54, 1.807) is 14.2 Å². The van der Waals surface area contributed by atoms with E-state index < -0.39 is 0 Å². The third kappa shape index (κ3) is 4.46. The minimum absolute atomic E-state index is 0.211. The summed E-state index contributed by atoms with van der Waals surface area (Å²) in [5.41, 5.74) is 3.19. The minimum Gasteiger partial charge on any atom is -0.493 e. The first kappa shape index (κ1) is 22.9.